The largest absolute Gasteiger partial charge is 0.497 e. The van der Waals surface area contributed by atoms with Crippen LogP contribution in [0.5, 0.6) is 5.75 Å². The summed E-state index contributed by atoms with van der Waals surface area (Å²) in [5.41, 5.74) is -0.668. The minimum Gasteiger partial charge on any atom is -0.497 e. The lowest BCUT2D eigenvalue weighted by molar-refractivity contribution is -0.0315. The third-order valence-corrected chi connectivity index (χ3v) is 6.71. The molecular weight excluding hydrogens is 346 g/mol. The van der Waals surface area contributed by atoms with Crippen LogP contribution in [0.1, 0.15) is 13.3 Å². The summed E-state index contributed by atoms with van der Waals surface area (Å²) < 4.78 is 49.9. The first-order chi connectivity index (χ1) is 12.0. The van der Waals surface area contributed by atoms with Crippen LogP contribution in [0.15, 0.2) is 29.2 Å². The van der Waals surface area contributed by atoms with Crippen molar-refractivity contribution in [3.05, 3.63) is 24.3 Å². The van der Waals surface area contributed by atoms with Gasteiger partial charge >= 0.3 is 0 Å². The number of ether oxygens (including phenoxy) is 4. The van der Waals surface area contributed by atoms with Gasteiger partial charge in [0.2, 0.25) is 10.0 Å². The molecule has 2 fully saturated rings. The average molecular weight is 371 g/mol. The molecule has 0 saturated carbocycles. The number of hydrogen-bond acceptors (Lipinski definition) is 6. The molecule has 0 N–H and O–H groups in total. The van der Waals surface area contributed by atoms with Gasteiger partial charge in [-0.15, -0.1) is 0 Å². The lowest BCUT2D eigenvalue weighted by Crippen LogP contribution is -2.59. The van der Waals surface area contributed by atoms with Crippen molar-refractivity contribution >= 4 is 10.0 Å². The van der Waals surface area contributed by atoms with E-state index in [1.54, 1.807) is 35.7 Å². The number of nitrogens with zero attached hydrogens (tertiary/aromatic N) is 1. The zero-order valence-electron chi connectivity index (χ0n) is 14.6. The maximum Gasteiger partial charge on any atom is 0.243 e. The average Bonchev–Trinajstić information content (AvgIpc) is 3.03. The van der Waals surface area contributed by atoms with Crippen LogP contribution in [-0.2, 0) is 24.2 Å². The quantitative estimate of drug-likeness (QED) is 0.750. The second kappa shape index (κ2) is 7.59. The zero-order valence-corrected chi connectivity index (χ0v) is 15.5. The first-order valence-corrected chi connectivity index (χ1v) is 9.90. The number of benzene rings is 1. The van der Waals surface area contributed by atoms with Gasteiger partial charge < -0.3 is 18.9 Å². The van der Waals surface area contributed by atoms with Gasteiger partial charge in [0.15, 0.2) is 0 Å². The molecule has 0 aromatic heterocycles. The standard InChI is InChI=1S/C17H25NO6S/c1-3-22-11-15-10-17(13-24-15)12-23-9-8-18(17)25(19,20)16-6-4-14(21-2)5-7-16/h4-7,15H,3,8-13H2,1-2H3. The van der Waals surface area contributed by atoms with Crippen LogP contribution >= 0.6 is 0 Å². The van der Waals surface area contributed by atoms with Gasteiger partial charge in [-0.2, -0.15) is 4.31 Å². The highest BCUT2D eigenvalue weighted by molar-refractivity contribution is 7.89. The normalized spacial score (nSPS) is 27.7. The fraction of sp³-hybridized carbons (Fsp3) is 0.647. The van der Waals surface area contributed by atoms with E-state index < -0.39 is 15.6 Å². The van der Waals surface area contributed by atoms with Crippen molar-refractivity contribution in [2.24, 2.45) is 0 Å². The maximum atomic E-state index is 13.2. The van der Waals surface area contributed by atoms with E-state index in [2.05, 4.69) is 0 Å². The van der Waals surface area contributed by atoms with Gasteiger partial charge in [-0.1, -0.05) is 0 Å². The molecule has 2 aliphatic rings. The number of morpholine rings is 1. The summed E-state index contributed by atoms with van der Waals surface area (Å²) in [6.07, 6.45) is 0.456. The van der Waals surface area contributed by atoms with Crippen molar-refractivity contribution < 1.29 is 27.4 Å². The highest BCUT2D eigenvalue weighted by atomic mass is 32.2. The molecule has 0 aliphatic carbocycles. The zero-order chi connectivity index (χ0) is 17.9. The Balaban J connectivity index is 1.85. The molecule has 0 bridgehead atoms. The summed E-state index contributed by atoms with van der Waals surface area (Å²) in [6.45, 7) is 4.36. The topological polar surface area (TPSA) is 74.3 Å². The predicted octanol–water partition coefficient (Wildman–Crippen LogP) is 1.28. The molecular formula is C17H25NO6S. The number of methoxy groups -OCH3 is 1. The SMILES string of the molecule is CCOCC1CC2(COCCN2S(=O)(=O)c2ccc(OC)cc2)CO1. The second-order valence-corrected chi connectivity index (χ2v) is 8.19. The Hall–Kier alpha value is -1.19. The maximum absolute atomic E-state index is 13.2. The molecule has 2 atom stereocenters. The van der Waals surface area contributed by atoms with Crippen molar-refractivity contribution in [3.8, 4) is 5.75 Å². The Bertz CT molecular complexity index is 677. The molecule has 0 amide bonds. The Morgan fingerprint density at radius 1 is 1.28 bits per heavy atom. The smallest absolute Gasteiger partial charge is 0.243 e. The first kappa shape index (κ1) is 18.6. The molecule has 140 valence electrons. The van der Waals surface area contributed by atoms with Crippen LogP contribution in [0.2, 0.25) is 0 Å². The molecule has 1 aromatic carbocycles. The molecule has 2 aliphatic heterocycles. The fourth-order valence-electron chi connectivity index (χ4n) is 3.41. The summed E-state index contributed by atoms with van der Waals surface area (Å²) >= 11 is 0. The monoisotopic (exact) mass is 371 g/mol. The van der Waals surface area contributed by atoms with E-state index in [1.165, 1.54) is 0 Å². The van der Waals surface area contributed by atoms with Crippen LogP contribution < -0.4 is 4.74 Å². The van der Waals surface area contributed by atoms with Gasteiger partial charge in [-0.3, -0.25) is 0 Å². The van der Waals surface area contributed by atoms with E-state index in [1.807, 2.05) is 6.92 Å². The van der Waals surface area contributed by atoms with E-state index in [9.17, 15) is 8.42 Å². The first-order valence-electron chi connectivity index (χ1n) is 8.46. The highest BCUT2D eigenvalue weighted by Gasteiger charge is 2.51. The third kappa shape index (κ3) is 3.68. The van der Waals surface area contributed by atoms with Crippen molar-refractivity contribution in [2.45, 2.75) is 29.9 Å². The van der Waals surface area contributed by atoms with E-state index in [4.69, 9.17) is 18.9 Å². The molecule has 7 nitrogen and oxygen atoms in total. The Morgan fingerprint density at radius 2 is 2.04 bits per heavy atom. The minimum absolute atomic E-state index is 0.116. The Kier molecular flexibility index (Phi) is 5.65. The van der Waals surface area contributed by atoms with Crippen LogP contribution in [0.4, 0.5) is 0 Å². The van der Waals surface area contributed by atoms with E-state index >= 15 is 0 Å². The Morgan fingerprint density at radius 3 is 2.72 bits per heavy atom. The van der Waals surface area contributed by atoms with Crippen LogP contribution in [-0.4, -0.2) is 71.1 Å². The van der Waals surface area contributed by atoms with Crippen LogP contribution in [0.25, 0.3) is 0 Å². The lowest BCUT2D eigenvalue weighted by atomic mass is 9.96. The molecule has 8 heteroatoms. The second-order valence-electron chi connectivity index (χ2n) is 6.33. The molecule has 2 saturated heterocycles. The molecule has 1 aromatic rings. The van der Waals surface area contributed by atoms with E-state index in [0.29, 0.717) is 51.7 Å². The van der Waals surface area contributed by atoms with Crippen molar-refractivity contribution in [3.63, 3.8) is 0 Å². The van der Waals surface area contributed by atoms with Crippen molar-refractivity contribution in [1.82, 2.24) is 4.31 Å². The number of hydrogen-bond donors (Lipinski definition) is 0. The minimum atomic E-state index is -3.65. The summed E-state index contributed by atoms with van der Waals surface area (Å²) in [7, 11) is -2.10. The molecule has 2 heterocycles. The van der Waals surface area contributed by atoms with Gasteiger partial charge in [0, 0.05) is 13.2 Å². The summed E-state index contributed by atoms with van der Waals surface area (Å²) in [6, 6.07) is 6.46. The third-order valence-electron chi connectivity index (χ3n) is 4.69. The van der Waals surface area contributed by atoms with Crippen LogP contribution in [0, 0.1) is 0 Å². The molecule has 3 rings (SSSR count). The number of rotatable bonds is 6. The van der Waals surface area contributed by atoms with E-state index in [0.717, 1.165) is 0 Å². The van der Waals surface area contributed by atoms with Crippen molar-refractivity contribution in [1.29, 1.82) is 0 Å². The molecule has 0 radical (unpaired) electrons. The van der Waals surface area contributed by atoms with Gasteiger partial charge in [0.25, 0.3) is 0 Å². The summed E-state index contributed by atoms with van der Waals surface area (Å²) in [4.78, 5) is 0.253. The summed E-state index contributed by atoms with van der Waals surface area (Å²) in [5.74, 6) is 0.622. The van der Waals surface area contributed by atoms with Gasteiger partial charge in [0.05, 0.1) is 50.1 Å². The van der Waals surface area contributed by atoms with Gasteiger partial charge in [-0.05, 0) is 37.6 Å². The van der Waals surface area contributed by atoms with Gasteiger partial charge in [0.1, 0.15) is 5.75 Å². The van der Waals surface area contributed by atoms with Crippen molar-refractivity contribution in [2.75, 3.05) is 46.7 Å². The molecule has 1 spiro atoms. The highest BCUT2D eigenvalue weighted by Crippen LogP contribution is 2.37. The summed E-state index contributed by atoms with van der Waals surface area (Å²) in [5, 5.41) is 0. The van der Waals surface area contributed by atoms with Crippen LogP contribution in [0.3, 0.4) is 0 Å². The van der Waals surface area contributed by atoms with E-state index in [-0.39, 0.29) is 11.0 Å². The predicted molar refractivity (Wildman–Crippen MR) is 91.3 cm³/mol. The molecule has 25 heavy (non-hydrogen) atoms. The van der Waals surface area contributed by atoms with Gasteiger partial charge in [-0.25, -0.2) is 8.42 Å². The Labute approximate surface area is 148 Å². The molecule has 2 unspecified atom stereocenters. The number of sulfonamides is 1. The lowest BCUT2D eigenvalue weighted by Gasteiger charge is -2.42. The fourth-order valence-corrected chi connectivity index (χ4v) is 5.15.